The van der Waals surface area contributed by atoms with E-state index in [2.05, 4.69) is 34.4 Å². The lowest BCUT2D eigenvalue weighted by Gasteiger charge is -2.21. The lowest BCUT2D eigenvalue weighted by atomic mass is 10.2. The summed E-state index contributed by atoms with van der Waals surface area (Å²) < 4.78 is 0. The zero-order chi connectivity index (χ0) is 13.9. The first-order valence-corrected chi connectivity index (χ1v) is 7.27. The van der Waals surface area contributed by atoms with E-state index in [1.54, 1.807) is 0 Å². The Kier molecular flexibility index (Phi) is 3.69. The van der Waals surface area contributed by atoms with Crippen molar-refractivity contribution in [1.82, 2.24) is 15.4 Å². The quantitative estimate of drug-likeness (QED) is 0.864. The topological polar surface area (TPSA) is 44.3 Å². The fourth-order valence-corrected chi connectivity index (χ4v) is 2.70. The van der Waals surface area contributed by atoms with Crippen LogP contribution in [0.1, 0.15) is 19.8 Å². The molecule has 0 spiro atoms. The second-order valence-electron chi connectivity index (χ2n) is 5.14. The number of hydrogen-bond acceptors (Lipinski definition) is 5. The number of nitrogens with one attached hydrogen (secondary N) is 1. The van der Waals surface area contributed by atoms with Crippen LogP contribution in [0.4, 0.5) is 11.5 Å². The molecular weight excluding hydrogens is 250 g/mol. The molecule has 5 nitrogen and oxygen atoms in total. The molecule has 0 amide bonds. The molecule has 1 N–H and O–H groups in total. The standard InChI is InChI=1S/C15H21N5/c1-3-17-19(2)14-11-16-12-7-6-8-13(15(12)18-14)20-9-4-5-10-20/h6-8,11,17H,3-5,9-10H2,1-2H3. The summed E-state index contributed by atoms with van der Waals surface area (Å²) in [5, 5.41) is 1.92. The van der Waals surface area contributed by atoms with Crippen LogP contribution < -0.4 is 15.3 Å². The van der Waals surface area contributed by atoms with E-state index < -0.39 is 0 Å². The lowest BCUT2D eigenvalue weighted by molar-refractivity contribution is 0.699. The van der Waals surface area contributed by atoms with E-state index in [-0.39, 0.29) is 0 Å². The Bertz CT molecular complexity index is 592. The van der Waals surface area contributed by atoms with Crippen LogP contribution in [-0.2, 0) is 0 Å². The summed E-state index contributed by atoms with van der Waals surface area (Å²) in [5.41, 5.74) is 6.40. The van der Waals surface area contributed by atoms with Crippen molar-refractivity contribution in [3.63, 3.8) is 0 Å². The molecule has 0 atom stereocenters. The average Bonchev–Trinajstić information content (AvgIpc) is 3.00. The number of para-hydroxylation sites is 1. The highest BCUT2D eigenvalue weighted by molar-refractivity contribution is 5.89. The van der Waals surface area contributed by atoms with Crippen LogP contribution in [0.15, 0.2) is 24.4 Å². The van der Waals surface area contributed by atoms with Gasteiger partial charge in [-0.1, -0.05) is 13.0 Å². The molecule has 0 aliphatic carbocycles. The maximum absolute atomic E-state index is 4.80. The Hall–Kier alpha value is -1.88. The predicted octanol–water partition coefficient (Wildman–Crippen LogP) is 2.19. The molecule has 5 heteroatoms. The minimum atomic E-state index is 0.853. The van der Waals surface area contributed by atoms with Crippen LogP contribution in [0, 0.1) is 0 Å². The molecule has 1 aliphatic rings. The summed E-state index contributed by atoms with van der Waals surface area (Å²) in [6.07, 6.45) is 4.35. The third-order valence-corrected chi connectivity index (χ3v) is 3.72. The molecule has 1 aromatic carbocycles. The van der Waals surface area contributed by atoms with Crippen LogP contribution in [0.25, 0.3) is 11.0 Å². The Morgan fingerprint density at radius 2 is 2.10 bits per heavy atom. The zero-order valence-corrected chi connectivity index (χ0v) is 12.1. The minimum Gasteiger partial charge on any atom is -0.370 e. The van der Waals surface area contributed by atoms with Crippen molar-refractivity contribution in [3.05, 3.63) is 24.4 Å². The Morgan fingerprint density at radius 1 is 1.30 bits per heavy atom. The van der Waals surface area contributed by atoms with Crippen LogP contribution >= 0.6 is 0 Å². The van der Waals surface area contributed by atoms with Crippen molar-refractivity contribution >= 4 is 22.5 Å². The Morgan fingerprint density at radius 3 is 2.85 bits per heavy atom. The first-order chi connectivity index (χ1) is 9.79. The SMILES string of the molecule is CCNN(C)c1cnc2cccc(N3CCCC3)c2n1. The van der Waals surface area contributed by atoms with Gasteiger partial charge in [-0.25, -0.2) is 10.4 Å². The summed E-state index contributed by atoms with van der Waals surface area (Å²) >= 11 is 0. The highest BCUT2D eigenvalue weighted by Gasteiger charge is 2.16. The van der Waals surface area contributed by atoms with E-state index in [4.69, 9.17) is 4.98 Å². The number of hydrogen-bond donors (Lipinski definition) is 1. The van der Waals surface area contributed by atoms with E-state index in [0.29, 0.717) is 0 Å². The van der Waals surface area contributed by atoms with E-state index in [9.17, 15) is 0 Å². The highest BCUT2D eigenvalue weighted by atomic mass is 15.5. The highest BCUT2D eigenvalue weighted by Crippen LogP contribution is 2.28. The van der Waals surface area contributed by atoms with Gasteiger partial charge in [-0.15, -0.1) is 0 Å². The van der Waals surface area contributed by atoms with E-state index in [0.717, 1.165) is 36.5 Å². The number of nitrogens with zero attached hydrogens (tertiary/aromatic N) is 4. The Labute approximate surface area is 119 Å². The second-order valence-corrected chi connectivity index (χ2v) is 5.14. The number of rotatable bonds is 4. The van der Waals surface area contributed by atoms with Crippen molar-refractivity contribution in [2.24, 2.45) is 0 Å². The van der Waals surface area contributed by atoms with E-state index in [1.807, 2.05) is 24.3 Å². The van der Waals surface area contributed by atoms with Gasteiger partial charge in [-0.05, 0) is 25.0 Å². The van der Waals surface area contributed by atoms with Gasteiger partial charge >= 0.3 is 0 Å². The van der Waals surface area contributed by atoms with Gasteiger partial charge in [0.25, 0.3) is 0 Å². The van der Waals surface area contributed by atoms with Crippen LogP contribution in [0.5, 0.6) is 0 Å². The number of anilines is 2. The molecule has 106 valence electrons. The summed E-state index contributed by atoms with van der Waals surface area (Å²) in [6, 6.07) is 6.25. The van der Waals surface area contributed by atoms with Gasteiger partial charge < -0.3 is 4.90 Å². The second kappa shape index (κ2) is 5.63. The van der Waals surface area contributed by atoms with Crippen LogP contribution in [-0.4, -0.2) is 36.6 Å². The minimum absolute atomic E-state index is 0.853. The number of fused-ring (bicyclic) bond motifs is 1. The number of benzene rings is 1. The molecule has 0 radical (unpaired) electrons. The van der Waals surface area contributed by atoms with E-state index >= 15 is 0 Å². The predicted molar refractivity (Wildman–Crippen MR) is 83.1 cm³/mol. The first-order valence-electron chi connectivity index (χ1n) is 7.27. The summed E-state index contributed by atoms with van der Waals surface area (Å²) in [6.45, 7) is 5.17. The molecule has 20 heavy (non-hydrogen) atoms. The third kappa shape index (κ3) is 2.41. The molecule has 2 aromatic rings. The fraction of sp³-hybridized carbons (Fsp3) is 0.467. The van der Waals surface area contributed by atoms with Gasteiger partial charge in [0.15, 0.2) is 5.82 Å². The maximum atomic E-state index is 4.80. The van der Waals surface area contributed by atoms with Crippen molar-refractivity contribution in [3.8, 4) is 0 Å². The van der Waals surface area contributed by atoms with Gasteiger partial charge in [0, 0.05) is 26.7 Å². The van der Waals surface area contributed by atoms with Crippen LogP contribution in [0.2, 0.25) is 0 Å². The normalized spacial score (nSPS) is 15.0. The van der Waals surface area contributed by atoms with Gasteiger partial charge in [0.1, 0.15) is 5.52 Å². The molecule has 2 heterocycles. The molecule has 0 saturated carbocycles. The first kappa shape index (κ1) is 13.1. The lowest BCUT2D eigenvalue weighted by Crippen LogP contribution is -2.34. The smallest absolute Gasteiger partial charge is 0.161 e. The summed E-state index contributed by atoms with van der Waals surface area (Å²) in [5.74, 6) is 0.853. The molecule has 1 fully saturated rings. The molecular formula is C15H21N5. The summed E-state index contributed by atoms with van der Waals surface area (Å²) in [7, 11) is 1.97. The number of aromatic nitrogens is 2. The molecule has 1 saturated heterocycles. The van der Waals surface area contributed by atoms with Gasteiger partial charge in [0.05, 0.1) is 17.4 Å². The molecule has 0 unspecified atom stereocenters. The van der Waals surface area contributed by atoms with Crippen molar-refractivity contribution in [2.75, 3.05) is 36.6 Å². The fourth-order valence-electron chi connectivity index (χ4n) is 2.70. The Balaban J connectivity index is 2.04. The van der Waals surface area contributed by atoms with Crippen molar-refractivity contribution in [1.29, 1.82) is 0 Å². The third-order valence-electron chi connectivity index (χ3n) is 3.72. The van der Waals surface area contributed by atoms with Gasteiger partial charge in [-0.2, -0.15) is 0 Å². The largest absolute Gasteiger partial charge is 0.370 e. The maximum Gasteiger partial charge on any atom is 0.161 e. The van der Waals surface area contributed by atoms with Gasteiger partial charge in [-0.3, -0.25) is 9.99 Å². The van der Waals surface area contributed by atoms with Crippen molar-refractivity contribution in [2.45, 2.75) is 19.8 Å². The molecule has 0 bridgehead atoms. The molecule has 1 aliphatic heterocycles. The monoisotopic (exact) mass is 271 g/mol. The van der Waals surface area contributed by atoms with Crippen LogP contribution in [0.3, 0.4) is 0 Å². The zero-order valence-electron chi connectivity index (χ0n) is 12.1. The van der Waals surface area contributed by atoms with E-state index in [1.165, 1.54) is 18.5 Å². The molecule has 1 aromatic heterocycles. The van der Waals surface area contributed by atoms with Crippen molar-refractivity contribution < 1.29 is 0 Å². The summed E-state index contributed by atoms with van der Waals surface area (Å²) in [4.78, 5) is 11.8. The average molecular weight is 271 g/mol. The molecule has 3 rings (SSSR count). The number of hydrazine groups is 1. The van der Waals surface area contributed by atoms with Gasteiger partial charge in [0.2, 0.25) is 0 Å².